The molecule has 3 N–H and O–H groups in total. The highest BCUT2D eigenvalue weighted by molar-refractivity contribution is 6.31. The van der Waals surface area contributed by atoms with Gasteiger partial charge in [-0.25, -0.2) is 14.1 Å². The van der Waals surface area contributed by atoms with Crippen molar-refractivity contribution in [3.05, 3.63) is 92.7 Å². The molecule has 3 unspecified atom stereocenters. The molecule has 0 spiro atoms. The molecule has 40 heavy (non-hydrogen) atoms. The molecule has 13 heteroatoms. The molecule has 10 nitrogen and oxygen atoms in total. The molecule has 6 aromatic rings. The number of benzene rings is 2. The van der Waals surface area contributed by atoms with Crippen LogP contribution in [0.15, 0.2) is 64.2 Å². The van der Waals surface area contributed by atoms with Crippen molar-refractivity contribution in [2.24, 2.45) is 5.92 Å². The predicted octanol–water partition coefficient (Wildman–Crippen LogP) is 5.36. The lowest BCUT2D eigenvalue weighted by Gasteiger charge is -2.18. The maximum atomic E-state index is 15.2. The van der Waals surface area contributed by atoms with E-state index in [1.807, 2.05) is 12.1 Å². The number of hydrogen-bond donors (Lipinski definition) is 2. The number of H-pyrrole nitrogens is 1. The number of rotatable bonds is 4. The van der Waals surface area contributed by atoms with Crippen molar-refractivity contribution in [3.8, 4) is 28.1 Å². The zero-order valence-electron chi connectivity index (χ0n) is 20.3. The average molecular weight is 575 g/mol. The Morgan fingerprint density at radius 1 is 1.12 bits per heavy atom. The van der Waals surface area contributed by atoms with Crippen LogP contribution in [0.25, 0.3) is 39.0 Å². The Morgan fingerprint density at radius 3 is 2.83 bits per heavy atom. The van der Waals surface area contributed by atoms with Crippen molar-refractivity contribution in [3.63, 3.8) is 0 Å². The van der Waals surface area contributed by atoms with E-state index in [2.05, 4.69) is 25.4 Å². The minimum atomic E-state index is -0.583. The molecule has 3 atom stereocenters. The number of nitrogen functional groups attached to an aromatic ring is 1. The smallest absolute Gasteiger partial charge is 0.252 e. The van der Waals surface area contributed by atoms with Crippen molar-refractivity contribution < 1.29 is 8.91 Å². The van der Waals surface area contributed by atoms with E-state index in [1.165, 1.54) is 0 Å². The molecule has 198 valence electrons. The second-order valence-electron chi connectivity index (χ2n) is 10.0. The van der Waals surface area contributed by atoms with E-state index in [-0.39, 0.29) is 45.6 Å². The molecule has 0 saturated heterocycles. The third-order valence-corrected chi connectivity index (χ3v) is 8.17. The van der Waals surface area contributed by atoms with Gasteiger partial charge in [-0.3, -0.25) is 4.79 Å². The number of aromatic amines is 1. The van der Waals surface area contributed by atoms with Crippen LogP contribution in [0, 0.1) is 11.7 Å². The molecule has 5 heterocycles. The fourth-order valence-corrected chi connectivity index (χ4v) is 6.18. The largest absolute Gasteiger partial charge is 0.380 e. The van der Waals surface area contributed by atoms with Gasteiger partial charge in [0.15, 0.2) is 16.8 Å². The molecule has 8 rings (SSSR count). The van der Waals surface area contributed by atoms with Gasteiger partial charge in [-0.2, -0.15) is 0 Å². The summed E-state index contributed by atoms with van der Waals surface area (Å²) in [5.74, 6) is 0.548. The highest BCUT2D eigenvalue weighted by Crippen LogP contribution is 2.60. The van der Waals surface area contributed by atoms with Crippen molar-refractivity contribution in [2.45, 2.75) is 18.4 Å². The van der Waals surface area contributed by atoms with Gasteiger partial charge in [0, 0.05) is 33.8 Å². The number of nitrogens with two attached hydrogens (primary N) is 1. The third kappa shape index (κ3) is 3.37. The first-order valence-electron chi connectivity index (χ1n) is 12.4. The number of anilines is 1. The molecule has 1 saturated carbocycles. The van der Waals surface area contributed by atoms with E-state index in [0.29, 0.717) is 33.2 Å². The van der Waals surface area contributed by atoms with E-state index in [1.54, 1.807) is 52.0 Å². The molecular weight excluding hydrogens is 558 g/mol. The quantitative estimate of drug-likeness (QED) is 0.289. The van der Waals surface area contributed by atoms with Crippen molar-refractivity contribution in [1.29, 1.82) is 0 Å². The normalized spacial score (nSPS) is 19.2. The lowest BCUT2D eigenvalue weighted by atomic mass is 10.0. The second kappa shape index (κ2) is 8.26. The Hall–Kier alpha value is -4.48. The summed E-state index contributed by atoms with van der Waals surface area (Å²) in [4.78, 5) is 21.4. The molecular formula is C27H17Cl2FN8O2. The van der Waals surface area contributed by atoms with Gasteiger partial charge < -0.3 is 19.8 Å². The average Bonchev–Trinajstić information content (AvgIpc) is 3.29. The van der Waals surface area contributed by atoms with E-state index >= 15 is 4.39 Å². The Bertz CT molecular complexity index is 2060. The lowest BCUT2D eigenvalue weighted by Crippen LogP contribution is -2.26. The minimum Gasteiger partial charge on any atom is -0.380 e. The Kier molecular flexibility index (Phi) is 4.84. The zero-order valence-corrected chi connectivity index (χ0v) is 21.9. The SMILES string of the molecule is Nc1noc2c(F)c(-c3cnc(C4C5CC5c5cc(-c6cc(Cl)ccc6-n6cc(Cl)nn6)cc(=O)n54)[nH]3)ccc12. The van der Waals surface area contributed by atoms with Gasteiger partial charge in [0.25, 0.3) is 5.56 Å². The summed E-state index contributed by atoms with van der Waals surface area (Å²) < 4.78 is 23.6. The fourth-order valence-electron chi connectivity index (χ4n) is 5.88. The van der Waals surface area contributed by atoms with Crippen LogP contribution >= 0.6 is 23.2 Å². The first kappa shape index (κ1) is 23.4. The van der Waals surface area contributed by atoms with Crippen molar-refractivity contribution in [2.75, 3.05) is 5.73 Å². The number of pyridine rings is 1. The van der Waals surface area contributed by atoms with Crippen LogP contribution < -0.4 is 11.3 Å². The summed E-state index contributed by atoms with van der Waals surface area (Å²) in [7, 11) is 0. The van der Waals surface area contributed by atoms with Crippen molar-refractivity contribution in [1.82, 2.24) is 34.7 Å². The molecule has 0 amide bonds. The maximum absolute atomic E-state index is 15.2. The molecule has 0 bridgehead atoms. The van der Waals surface area contributed by atoms with Gasteiger partial charge in [0.2, 0.25) is 5.58 Å². The standard InChI is InChI=1S/C27H17Cl2FN8O2/c28-12-1-4-19(37-10-21(29)34-36-37)15(7-12)11-5-20-16-8-17(16)24(38(20)22(39)6-11)27-32-9-18(33-27)13-2-3-14-25(23(13)30)40-35-26(14)31/h1-7,9-10,16-17,24H,8H2,(H2,31,35)(H,32,33). The Morgan fingerprint density at radius 2 is 2.00 bits per heavy atom. The number of aromatic nitrogens is 7. The lowest BCUT2D eigenvalue weighted by molar-refractivity contribution is 0.444. The van der Waals surface area contributed by atoms with Crippen LogP contribution in [0.5, 0.6) is 0 Å². The van der Waals surface area contributed by atoms with Gasteiger partial charge in [-0.1, -0.05) is 33.6 Å². The summed E-state index contributed by atoms with van der Waals surface area (Å²) in [6.07, 6.45) is 4.08. The Labute approximate surface area is 234 Å². The topological polar surface area (TPSA) is 133 Å². The minimum absolute atomic E-state index is 0.0167. The van der Waals surface area contributed by atoms with Crippen LogP contribution in [0.2, 0.25) is 10.2 Å². The van der Waals surface area contributed by atoms with Crippen LogP contribution in [0.1, 0.15) is 29.9 Å². The Balaban J connectivity index is 1.20. The molecule has 4 aromatic heterocycles. The van der Waals surface area contributed by atoms with Gasteiger partial charge in [0.1, 0.15) is 5.82 Å². The summed E-state index contributed by atoms with van der Waals surface area (Å²) in [5, 5.41) is 12.8. The first-order chi connectivity index (χ1) is 19.4. The molecule has 1 fully saturated rings. The summed E-state index contributed by atoms with van der Waals surface area (Å²) in [5.41, 5.74) is 9.36. The van der Waals surface area contributed by atoms with Gasteiger partial charge >= 0.3 is 0 Å². The van der Waals surface area contributed by atoms with Crippen LogP contribution in [0.4, 0.5) is 10.2 Å². The van der Waals surface area contributed by atoms with Gasteiger partial charge in [-0.05, 0) is 54.3 Å². The van der Waals surface area contributed by atoms with E-state index in [9.17, 15) is 4.79 Å². The number of nitrogens with zero attached hydrogens (tertiary/aromatic N) is 6. The number of imidazole rings is 1. The molecule has 1 aliphatic carbocycles. The fraction of sp³-hybridized carbons (Fsp3) is 0.148. The van der Waals surface area contributed by atoms with Gasteiger partial charge in [-0.15, -0.1) is 5.10 Å². The molecule has 0 radical (unpaired) electrons. The van der Waals surface area contributed by atoms with Crippen molar-refractivity contribution >= 4 is 40.0 Å². The van der Waals surface area contributed by atoms with Crippen LogP contribution in [0.3, 0.4) is 0 Å². The van der Waals surface area contributed by atoms with Crippen LogP contribution in [-0.4, -0.2) is 34.7 Å². The summed E-state index contributed by atoms with van der Waals surface area (Å²) in [6, 6.07) is 11.9. The number of hydrogen-bond acceptors (Lipinski definition) is 7. The first-order valence-corrected chi connectivity index (χ1v) is 13.2. The zero-order chi connectivity index (χ0) is 27.3. The van der Waals surface area contributed by atoms with E-state index in [4.69, 9.17) is 33.5 Å². The highest BCUT2D eigenvalue weighted by atomic mass is 35.5. The monoisotopic (exact) mass is 574 g/mol. The van der Waals surface area contributed by atoms with Gasteiger partial charge in [0.05, 0.1) is 35.2 Å². The predicted molar refractivity (Wildman–Crippen MR) is 146 cm³/mol. The number of halogens is 3. The molecule has 1 aliphatic heterocycles. The van der Waals surface area contributed by atoms with E-state index in [0.717, 1.165) is 17.7 Å². The third-order valence-electron chi connectivity index (χ3n) is 7.76. The summed E-state index contributed by atoms with van der Waals surface area (Å²) in [6.45, 7) is 0. The highest BCUT2D eigenvalue weighted by Gasteiger charge is 2.54. The molecule has 2 aromatic carbocycles. The number of nitrogens with one attached hydrogen (secondary N) is 1. The second-order valence-corrected chi connectivity index (χ2v) is 10.9. The molecule has 2 aliphatic rings. The number of fused-ring (bicyclic) bond motifs is 4. The van der Waals surface area contributed by atoms with E-state index < -0.39 is 5.82 Å². The maximum Gasteiger partial charge on any atom is 0.252 e. The summed E-state index contributed by atoms with van der Waals surface area (Å²) >= 11 is 12.3. The van der Waals surface area contributed by atoms with Crippen LogP contribution in [-0.2, 0) is 0 Å².